The SMILES string of the molecule is BCC/C(C)=C\N(C)CCC. The van der Waals surface area contributed by atoms with Crippen LogP contribution in [0.2, 0.25) is 6.32 Å². The standard InChI is InChI=1S/C9H20BN/c1-4-7-11(3)8-9(2)5-6-10/h8H,4-7,10H2,1-3H3/b9-8-. The van der Waals surface area contributed by atoms with Crippen LogP contribution >= 0.6 is 0 Å². The molecule has 0 heterocycles. The van der Waals surface area contributed by atoms with E-state index in [0.29, 0.717) is 0 Å². The Labute approximate surface area is 71.9 Å². The average molecular weight is 153 g/mol. The Morgan fingerprint density at radius 3 is 2.64 bits per heavy atom. The molecule has 0 aromatic rings. The maximum absolute atomic E-state index is 2.27. The molecule has 0 saturated carbocycles. The molecule has 0 aromatic heterocycles. The fourth-order valence-corrected chi connectivity index (χ4v) is 1.25. The van der Waals surface area contributed by atoms with Gasteiger partial charge in [0.1, 0.15) is 7.85 Å². The van der Waals surface area contributed by atoms with Crippen molar-refractivity contribution in [3.8, 4) is 0 Å². The first-order chi connectivity index (χ1) is 5.20. The van der Waals surface area contributed by atoms with Gasteiger partial charge in [0.25, 0.3) is 0 Å². The Morgan fingerprint density at radius 1 is 1.55 bits per heavy atom. The highest BCUT2D eigenvalue weighted by Crippen LogP contribution is 2.03. The zero-order valence-corrected chi connectivity index (χ0v) is 8.35. The van der Waals surface area contributed by atoms with Gasteiger partial charge in [0.2, 0.25) is 0 Å². The molecular weight excluding hydrogens is 133 g/mol. The lowest BCUT2D eigenvalue weighted by Gasteiger charge is -2.13. The molecule has 0 unspecified atom stereocenters. The normalized spacial score (nSPS) is 11.7. The maximum atomic E-state index is 2.27. The van der Waals surface area contributed by atoms with Gasteiger partial charge in [0, 0.05) is 13.6 Å². The lowest BCUT2D eigenvalue weighted by Crippen LogP contribution is -2.11. The Hall–Kier alpha value is -0.395. The van der Waals surface area contributed by atoms with E-state index in [9.17, 15) is 0 Å². The third-order valence-corrected chi connectivity index (χ3v) is 1.66. The van der Waals surface area contributed by atoms with Crippen molar-refractivity contribution in [3.63, 3.8) is 0 Å². The quantitative estimate of drug-likeness (QED) is 0.543. The summed E-state index contributed by atoms with van der Waals surface area (Å²) >= 11 is 0. The molecule has 0 radical (unpaired) electrons. The minimum atomic E-state index is 1.17. The number of nitrogens with zero attached hydrogens (tertiary/aromatic N) is 1. The Balaban J connectivity index is 3.66. The van der Waals surface area contributed by atoms with Gasteiger partial charge in [-0.3, -0.25) is 0 Å². The fraction of sp³-hybridized carbons (Fsp3) is 0.778. The van der Waals surface area contributed by atoms with Crippen LogP contribution in [0.15, 0.2) is 11.8 Å². The van der Waals surface area contributed by atoms with Crippen molar-refractivity contribution in [2.24, 2.45) is 0 Å². The van der Waals surface area contributed by atoms with Crippen LogP contribution in [0.3, 0.4) is 0 Å². The first-order valence-electron chi connectivity index (χ1n) is 4.58. The van der Waals surface area contributed by atoms with E-state index < -0.39 is 0 Å². The second-order valence-electron chi connectivity index (χ2n) is 3.21. The van der Waals surface area contributed by atoms with Crippen molar-refractivity contribution < 1.29 is 0 Å². The molecule has 0 aliphatic heterocycles. The van der Waals surface area contributed by atoms with Crippen LogP contribution in [0.5, 0.6) is 0 Å². The average Bonchev–Trinajstić information content (AvgIpc) is 1.87. The highest BCUT2D eigenvalue weighted by Gasteiger charge is 1.91. The van der Waals surface area contributed by atoms with Gasteiger partial charge >= 0.3 is 0 Å². The van der Waals surface area contributed by atoms with Crippen molar-refractivity contribution in [1.29, 1.82) is 0 Å². The van der Waals surface area contributed by atoms with Crippen molar-refractivity contribution in [1.82, 2.24) is 4.90 Å². The van der Waals surface area contributed by atoms with E-state index >= 15 is 0 Å². The molecule has 0 fully saturated rings. The molecule has 0 aliphatic rings. The molecule has 0 atom stereocenters. The van der Waals surface area contributed by atoms with E-state index in [1.54, 1.807) is 0 Å². The summed E-state index contributed by atoms with van der Waals surface area (Å²) in [6, 6.07) is 0. The van der Waals surface area contributed by atoms with Crippen LogP contribution in [-0.2, 0) is 0 Å². The second-order valence-corrected chi connectivity index (χ2v) is 3.21. The molecule has 0 N–H and O–H groups in total. The van der Waals surface area contributed by atoms with E-state index in [-0.39, 0.29) is 0 Å². The summed E-state index contributed by atoms with van der Waals surface area (Å²) < 4.78 is 0. The van der Waals surface area contributed by atoms with Gasteiger partial charge in [-0.1, -0.05) is 18.8 Å². The van der Waals surface area contributed by atoms with E-state index in [2.05, 4.69) is 39.8 Å². The molecule has 0 aliphatic carbocycles. The zero-order chi connectivity index (χ0) is 8.69. The van der Waals surface area contributed by atoms with Gasteiger partial charge < -0.3 is 4.90 Å². The van der Waals surface area contributed by atoms with Gasteiger partial charge in [0.15, 0.2) is 0 Å². The van der Waals surface area contributed by atoms with Gasteiger partial charge in [-0.05, 0) is 26.0 Å². The lowest BCUT2D eigenvalue weighted by atomic mass is 9.98. The summed E-state index contributed by atoms with van der Waals surface area (Å²) in [5, 5.41) is 0. The van der Waals surface area contributed by atoms with Gasteiger partial charge in [-0.25, -0.2) is 0 Å². The van der Waals surface area contributed by atoms with E-state index in [1.165, 1.54) is 31.3 Å². The van der Waals surface area contributed by atoms with E-state index in [0.717, 1.165) is 0 Å². The Bertz CT molecular complexity index is 121. The number of allylic oxidation sites excluding steroid dienone is 1. The third kappa shape index (κ3) is 6.02. The largest absolute Gasteiger partial charge is 0.380 e. The van der Waals surface area contributed by atoms with Crippen LogP contribution in [0, 0.1) is 0 Å². The fourth-order valence-electron chi connectivity index (χ4n) is 1.25. The topological polar surface area (TPSA) is 3.24 Å². The molecule has 0 amide bonds. The molecule has 0 spiro atoms. The highest BCUT2D eigenvalue weighted by atomic mass is 15.1. The van der Waals surface area contributed by atoms with Crippen molar-refractivity contribution in [2.75, 3.05) is 13.6 Å². The smallest absolute Gasteiger partial charge is 0.101 e. The summed E-state index contributed by atoms with van der Waals surface area (Å²) in [6.07, 6.45) is 5.97. The summed E-state index contributed by atoms with van der Waals surface area (Å²) in [4.78, 5) is 2.27. The predicted molar refractivity (Wildman–Crippen MR) is 54.6 cm³/mol. The first-order valence-corrected chi connectivity index (χ1v) is 4.58. The van der Waals surface area contributed by atoms with Crippen molar-refractivity contribution in [2.45, 2.75) is 33.0 Å². The van der Waals surface area contributed by atoms with Crippen LogP contribution in [0.4, 0.5) is 0 Å². The molecular formula is C9H20BN. The Morgan fingerprint density at radius 2 is 2.18 bits per heavy atom. The maximum Gasteiger partial charge on any atom is 0.101 e. The summed E-state index contributed by atoms with van der Waals surface area (Å²) in [6.45, 7) is 5.58. The minimum absolute atomic E-state index is 1.17. The number of rotatable bonds is 5. The van der Waals surface area contributed by atoms with Gasteiger partial charge in [-0.2, -0.15) is 0 Å². The highest BCUT2D eigenvalue weighted by molar-refractivity contribution is 6.08. The Kier molecular flexibility index (Phi) is 6.10. The minimum Gasteiger partial charge on any atom is -0.380 e. The number of hydrogen-bond acceptors (Lipinski definition) is 1. The predicted octanol–water partition coefficient (Wildman–Crippen LogP) is 1.67. The van der Waals surface area contributed by atoms with Crippen molar-refractivity contribution >= 4 is 7.85 Å². The molecule has 64 valence electrons. The van der Waals surface area contributed by atoms with E-state index in [1.807, 2.05) is 0 Å². The first kappa shape index (κ1) is 10.6. The van der Waals surface area contributed by atoms with Crippen LogP contribution in [-0.4, -0.2) is 26.3 Å². The summed E-state index contributed by atoms with van der Waals surface area (Å²) in [5.41, 5.74) is 1.49. The van der Waals surface area contributed by atoms with Gasteiger partial charge in [0.05, 0.1) is 0 Å². The van der Waals surface area contributed by atoms with Crippen molar-refractivity contribution in [3.05, 3.63) is 11.8 Å². The molecule has 0 bridgehead atoms. The third-order valence-electron chi connectivity index (χ3n) is 1.66. The summed E-state index contributed by atoms with van der Waals surface area (Å²) in [5.74, 6) is 0. The van der Waals surface area contributed by atoms with Crippen LogP contribution in [0.25, 0.3) is 0 Å². The van der Waals surface area contributed by atoms with Gasteiger partial charge in [-0.15, -0.1) is 0 Å². The van der Waals surface area contributed by atoms with Crippen LogP contribution in [0.1, 0.15) is 26.7 Å². The molecule has 0 rings (SSSR count). The lowest BCUT2D eigenvalue weighted by molar-refractivity contribution is 0.450. The summed E-state index contributed by atoms with van der Waals surface area (Å²) in [7, 11) is 4.36. The van der Waals surface area contributed by atoms with E-state index in [4.69, 9.17) is 0 Å². The number of hydrogen-bond donors (Lipinski definition) is 0. The zero-order valence-electron chi connectivity index (χ0n) is 8.35. The molecule has 2 heteroatoms. The molecule has 1 nitrogen and oxygen atoms in total. The second kappa shape index (κ2) is 6.32. The van der Waals surface area contributed by atoms with Crippen LogP contribution < -0.4 is 0 Å². The molecule has 11 heavy (non-hydrogen) atoms. The monoisotopic (exact) mass is 153 g/mol. The molecule has 0 saturated heterocycles. The molecule has 0 aromatic carbocycles.